The number of anilines is 1. The number of fused-ring (bicyclic) bond motifs is 4. The SMILES string of the molecule is CC(C)N1C(=O)c2ccc(C(=O)Nc3ccc4c(c3)oc3ccccc34)cc2S1(=O)=O. The highest BCUT2D eigenvalue weighted by Gasteiger charge is 2.42. The maximum absolute atomic E-state index is 12.8. The number of hydrogen-bond donors (Lipinski definition) is 1. The van der Waals surface area contributed by atoms with Crippen molar-refractivity contribution in [2.24, 2.45) is 0 Å². The molecule has 4 aromatic rings. The topological polar surface area (TPSA) is 96.7 Å². The quantitative estimate of drug-likeness (QED) is 0.516. The van der Waals surface area contributed by atoms with Crippen LogP contribution in [0.5, 0.6) is 0 Å². The summed E-state index contributed by atoms with van der Waals surface area (Å²) in [6.07, 6.45) is 0. The monoisotopic (exact) mass is 434 g/mol. The number of amides is 2. The van der Waals surface area contributed by atoms with Gasteiger partial charge in [0, 0.05) is 34.1 Å². The van der Waals surface area contributed by atoms with Crippen LogP contribution in [-0.4, -0.2) is 30.6 Å². The molecule has 156 valence electrons. The third kappa shape index (κ3) is 2.90. The van der Waals surface area contributed by atoms with Crippen molar-refractivity contribution in [2.75, 3.05) is 5.32 Å². The van der Waals surface area contributed by atoms with E-state index in [0.717, 1.165) is 20.7 Å². The van der Waals surface area contributed by atoms with Crippen molar-refractivity contribution >= 4 is 49.5 Å². The summed E-state index contributed by atoms with van der Waals surface area (Å²) < 4.78 is 32.2. The van der Waals surface area contributed by atoms with Gasteiger partial charge in [0.25, 0.3) is 21.8 Å². The third-order valence-corrected chi connectivity index (χ3v) is 7.32. The van der Waals surface area contributed by atoms with Crippen LogP contribution in [0, 0.1) is 0 Å². The van der Waals surface area contributed by atoms with E-state index in [4.69, 9.17) is 4.42 Å². The summed E-state index contributed by atoms with van der Waals surface area (Å²) in [4.78, 5) is 25.1. The van der Waals surface area contributed by atoms with Gasteiger partial charge in [0.05, 0.1) is 5.56 Å². The smallest absolute Gasteiger partial charge is 0.269 e. The van der Waals surface area contributed by atoms with Crippen LogP contribution in [0.15, 0.2) is 70.0 Å². The van der Waals surface area contributed by atoms with Gasteiger partial charge in [-0.2, -0.15) is 0 Å². The lowest BCUT2D eigenvalue weighted by molar-refractivity contribution is 0.0846. The minimum atomic E-state index is -3.98. The van der Waals surface area contributed by atoms with Gasteiger partial charge >= 0.3 is 0 Å². The Kier molecular flexibility index (Phi) is 4.16. The standard InChI is InChI=1S/C23H18N2O5S/c1-13(2)25-23(27)18-9-7-14(11-21(18)31(25,28)29)22(26)24-15-8-10-17-16-5-3-4-6-19(16)30-20(17)12-15/h3-13H,1-2H3,(H,24,26). The maximum Gasteiger partial charge on any atom is 0.269 e. The van der Waals surface area contributed by atoms with E-state index in [1.165, 1.54) is 18.2 Å². The zero-order valence-corrected chi connectivity index (χ0v) is 17.6. The molecular weight excluding hydrogens is 416 g/mol. The fraction of sp³-hybridized carbons (Fsp3) is 0.130. The molecule has 0 atom stereocenters. The largest absolute Gasteiger partial charge is 0.456 e. The zero-order valence-electron chi connectivity index (χ0n) is 16.7. The van der Waals surface area contributed by atoms with E-state index >= 15 is 0 Å². The second-order valence-corrected chi connectivity index (χ2v) is 9.46. The van der Waals surface area contributed by atoms with E-state index in [1.807, 2.05) is 30.3 Å². The summed E-state index contributed by atoms with van der Waals surface area (Å²) in [7, 11) is -3.98. The first-order valence-electron chi connectivity index (χ1n) is 9.73. The van der Waals surface area contributed by atoms with Crippen molar-refractivity contribution in [3.63, 3.8) is 0 Å². The molecule has 8 heteroatoms. The number of nitrogens with zero attached hydrogens (tertiary/aromatic N) is 1. The fourth-order valence-electron chi connectivity index (χ4n) is 3.91. The first-order chi connectivity index (χ1) is 14.8. The van der Waals surface area contributed by atoms with Crippen LogP contribution < -0.4 is 5.32 Å². The Balaban J connectivity index is 1.48. The predicted molar refractivity (Wildman–Crippen MR) is 117 cm³/mol. The molecule has 1 N–H and O–H groups in total. The number of furan rings is 1. The number of carbonyl (C=O) groups is 2. The molecule has 31 heavy (non-hydrogen) atoms. The Labute approximate surface area is 178 Å². The van der Waals surface area contributed by atoms with Crippen molar-refractivity contribution in [3.8, 4) is 0 Å². The summed E-state index contributed by atoms with van der Waals surface area (Å²) in [6, 6.07) is 16.6. The highest BCUT2D eigenvalue weighted by Crippen LogP contribution is 2.33. The van der Waals surface area contributed by atoms with Gasteiger partial charge in [-0.3, -0.25) is 9.59 Å². The number of para-hydroxylation sites is 1. The predicted octanol–water partition coefficient (Wildman–Crippen LogP) is 4.39. The van der Waals surface area contributed by atoms with E-state index in [0.29, 0.717) is 11.3 Å². The van der Waals surface area contributed by atoms with Crippen LogP contribution >= 0.6 is 0 Å². The molecule has 1 aromatic heterocycles. The molecule has 2 amide bonds. The van der Waals surface area contributed by atoms with Gasteiger partial charge in [-0.15, -0.1) is 0 Å². The van der Waals surface area contributed by atoms with Gasteiger partial charge in [-0.1, -0.05) is 18.2 Å². The lowest BCUT2D eigenvalue weighted by atomic mass is 10.1. The van der Waals surface area contributed by atoms with E-state index < -0.39 is 27.9 Å². The molecule has 0 spiro atoms. The molecule has 0 radical (unpaired) electrons. The molecule has 0 bridgehead atoms. The molecular formula is C23H18N2O5S. The molecule has 0 saturated carbocycles. The molecule has 0 unspecified atom stereocenters. The van der Waals surface area contributed by atoms with Crippen molar-refractivity contribution in [3.05, 3.63) is 71.8 Å². The highest BCUT2D eigenvalue weighted by atomic mass is 32.2. The van der Waals surface area contributed by atoms with Crippen molar-refractivity contribution in [2.45, 2.75) is 24.8 Å². The summed E-state index contributed by atoms with van der Waals surface area (Å²) in [5.74, 6) is -1.06. The Morgan fingerprint density at radius 2 is 1.71 bits per heavy atom. The van der Waals surface area contributed by atoms with E-state index in [1.54, 1.807) is 26.0 Å². The van der Waals surface area contributed by atoms with Gasteiger partial charge in [0.2, 0.25) is 0 Å². The molecule has 1 aliphatic heterocycles. The summed E-state index contributed by atoms with van der Waals surface area (Å²) in [5, 5.41) is 4.69. The number of sulfonamides is 1. The first kappa shape index (κ1) is 19.3. The molecule has 3 aromatic carbocycles. The van der Waals surface area contributed by atoms with Crippen LogP contribution in [0.25, 0.3) is 21.9 Å². The lowest BCUT2D eigenvalue weighted by Crippen LogP contribution is -2.36. The van der Waals surface area contributed by atoms with E-state index in [2.05, 4.69) is 5.32 Å². The van der Waals surface area contributed by atoms with Gasteiger partial charge in [-0.05, 0) is 50.2 Å². The maximum atomic E-state index is 12.8. The zero-order chi connectivity index (χ0) is 21.9. The van der Waals surface area contributed by atoms with Crippen LogP contribution in [-0.2, 0) is 10.0 Å². The van der Waals surface area contributed by atoms with Crippen LogP contribution in [0.2, 0.25) is 0 Å². The molecule has 7 nitrogen and oxygen atoms in total. The molecule has 2 heterocycles. The molecule has 5 rings (SSSR count). The third-order valence-electron chi connectivity index (χ3n) is 5.32. The summed E-state index contributed by atoms with van der Waals surface area (Å²) >= 11 is 0. The lowest BCUT2D eigenvalue weighted by Gasteiger charge is -2.18. The summed E-state index contributed by atoms with van der Waals surface area (Å²) in [6.45, 7) is 3.26. The Morgan fingerprint density at radius 3 is 2.48 bits per heavy atom. The van der Waals surface area contributed by atoms with Gasteiger partial charge in [-0.25, -0.2) is 12.7 Å². The summed E-state index contributed by atoms with van der Waals surface area (Å²) in [5.41, 5.74) is 2.12. The average molecular weight is 434 g/mol. The molecule has 0 fully saturated rings. The minimum absolute atomic E-state index is 0.0777. The number of nitrogens with one attached hydrogen (secondary N) is 1. The number of carbonyl (C=O) groups excluding carboxylic acids is 2. The van der Waals surface area contributed by atoms with Gasteiger partial charge < -0.3 is 9.73 Å². The van der Waals surface area contributed by atoms with E-state index in [9.17, 15) is 18.0 Å². The highest BCUT2D eigenvalue weighted by molar-refractivity contribution is 7.90. The molecule has 0 saturated heterocycles. The second kappa shape index (κ2) is 6.68. The van der Waals surface area contributed by atoms with Crippen LogP contribution in [0.3, 0.4) is 0 Å². The van der Waals surface area contributed by atoms with Crippen molar-refractivity contribution < 1.29 is 22.4 Å². The average Bonchev–Trinajstić information content (AvgIpc) is 3.19. The minimum Gasteiger partial charge on any atom is -0.456 e. The normalized spacial score (nSPS) is 15.1. The van der Waals surface area contributed by atoms with Gasteiger partial charge in [0.15, 0.2) is 0 Å². The number of benzene rings is 3. The molecule has 0 aliphatic carbocycles. The van der Waals surface area contributed by atoms with Crippen molar-refractivity contribution in [1.82, 2.24) is 4.31 Å². The Hall–Kier alpha value is -3.65. The second-order valence-electron chi connectivity index (χ2n) is 7.67. The fourth-order valence-corrected chi connectivity index (χ4v) is 5.70. The Bertz CT molecular complexity index is 1500. The van der Waals surface area contributed by atoms with E-state index in [-0.39, 0.29) is 16.0 Å². The molecule has 1 aliphatic rings. The van der Waals surface area contributed by atoms with Crippen LogP contribution in [0.1, 0.15) is 34.6 Å². The van der Waals surface area contributed by atoms with Crippen LogP contribution in [0.4, 0.5) is 5.69 Å². The number of rotatable bonds is 3. The first-order valence-corrected chi connectivity index (χ1v) is 11.2. The van der Waals surface area contributed by atoms with Gasteiger partial charge in [0.1, 0.15) is 16.1 Å². The Morgan fingerprint density at radius 1 is 0.968 bits per heavy atom. The number of hydrogen-bond acceptors (Lipinski definition) is 5. The van der Waals surface area contributed by atoms with Crippen molar-refractivity contribution in [1.29, 1.82) is 0 Å².